The molecule has 28 heavy (non-hydrogen) atoms. The third-order valence-electron chi connectivity index (χ3n) is 4.19. The highest BCUT2D eigenvalue weighted by Gasteiger charge is 2.10. The van der Waals surface area contributed by atoms with E-state index in [1.165, 1.54) is 0 Å². The fourth-order valence-electron chi connectivity index (χ4n) is 2.74. The van der Waals surface area contributed by atoms with Crippen molar-refractivity contribution < 1.29 is 19.4 Å². The summed E-state index contributed by atoms with van der Waals surface area (Å²) >= 11 is 5.88. The highest BCUT2D eigenvalue weighted by atomic mass is 35.5. The molecule has 2 rings (SSSR count). The minimum absolute atomic E-state index is 0.0453. The second-order valence-electron chi connectivity index (χ2n) is 6.60. The number of hydrogen-bond donors (Lipinski definition) is 2. The van der Waals surface area contributed by atoms with Crippen molar-refractivity contribution in [3.05, 3.63) is 58.6 Å². The first-order valence-corrected chi connectivity index (χ1v) is 9.87. The van der Waals surface area contributed by atoms with Gasteiger partial charge in [-0.15, -0.1) is 0 Å². The van der Waals surface area contributed by atoms with E-state index >= 15 is 0 Å². The molecule has 2 aromatic rings. The minimum atomic E-state index is -0.848. The number of ether oxygens (including phenoxy) is 1. The molecule has 0 bridgehead atoms. The summed E-state index contributed by atoms with van der Waals surface area (Å²) in [5, 5.41) is 12.5. The van der Waals surface area contributed by atoms with Gasteiger partial charge in [-0.05, 0) is 61.1 Å². The number of aliphatic carboxylic acids is 1. The van der Waals surface area contributed by atoms with Crippen LogP contribution in [-0.4, -0.2) is 23.6 Å². The van der Waals surface area contributed by atoms with Crippen molar-refractivity contribution >= 4 is 29.2 Å². The smallest absolute Gasteiger partial charge is 0.303 e. The van der Waals surface area contributed by atoms with Gasteiger partial charge in [-0.2, -0.15) is 0 Å². The molecule has 0 fully saturated rings. The molecule has 0 spiro atoms. The molecule has 2 aromatic carbocycles. The lowest BCUT2D eigenvalue weighted by molar-refractivity contribution is -0.137. The second kappa shape index (κ2) is 11.3. The largest absolute Gasteiger partial charge is 0.491 e. The van der Waals surface area contributed by atoms with Crippen LogP contribution in [0.5, 0.6) is 5.75 Å². The van der Waals surface area contributed by atoms with Crippen molar-refractivity contribution in [3.8, 4) is 5.75 Å². The van der Waals surface area contributed by atoms with E-state index in [1.54, 1.807) is 12.1 Å². The van der Waals surface area contributed by atoms with Crippen LogP contribution in [0.1, 0.15) is 43.7 Å². The Morgan fingerprint density at radius 3 is 2.43 bits per heavy atom. The summed E-state index contributed by atoms with van der Waals surface area (Å²) < 4.78 is 5.71. The number of rotatable bonds is 11. The van der Waals surface area contributed by atoms with E-state index in [2.05, 4.69) is 5.32 Å². The number of nitrogens with one attached hydrogen (secondary N) is 1. The predicted molar refractivity (Wildman–Crippen MR) is 111 cm³/mol. The molecule has 2 N–H and O–H groups in total. The van der Waals surface area contributed by atoms with Crippen LogP contribution in [0.15, 0.2) is 42.5 Å². The lowest BCUT2D eigenvalue weighted by Gasteiger charge is -2.14. The van der Waals surface area contributed by atoms with Crippen molar-refractivity contribution in [2.75, 3.05) is 11.9 Å². The summed E-state index contributed by atoms with van der Waals surface area (Å²) in [7, 11) is 0. The molecule has 5 nitrogen and oxygen atoms in total. The first kappa shape index (κ1) is 21.8. The van der Waals surface area contributed by atoms with E-state index in [1.807, 2.05) is 37.3 Å². The summed E-state index contributed by atoms with van der Waals surface area (Å²) in [4.78, 5) is 23.2. The first-order chi connectivity index (χ1) is 13.5. The molecule has 6 heteroatoms. The van der Waals surface area contributed by atoms with Gasteiger partial charge in [-0.1, -0.05) is 36.7 Å². The monoisotopic (exact) mass is 403 g/mol. The fourth-order valence-corrected chi connectivity index (χ4v) is 2.86. The average Bonchev–Trinajstić information content (AvgIpc) is 2.67. The van der Waals surface area contributed by atoms with Crippen LogP contribution in [0.4, 0.5) is 5.69 Å². The molecule has 0 unspecified atom stereocenters. The fraction of sp³-hybridized carbons (Fsp3) is 0.364. The number of amides is 1. The Kier molecular flexibility index (Phi) is 8.82. The Morgan fingerprint density at radius 1 is 1.04 bits per heavy atom. The molecule has 0 aromatic heterocycles. The van der Waals surface area contributed by atoms with Crippen molar-refractivity contribution in [1.82, 2.24) is 0 Å². The Bertz CT molecular complexity index is 790. The quantitative estimate of drug-likeness (QED) is 0.546. The lowest BCUT2D eigenvalue weighted by Crippen LogP contribution is -2.13. The lowest BCUT2D eigenvalue weighted by atomic mass is 10.1. The van der Waals surface area contributed by atoms with E-state index in [0.29, 0.717) is 35.9 Å². The maximum Gasteiger partial charge on any atom is 0.303 e. The van der Waals surface area contributed by atoms with Crippen LogP contribution >= 0.6 is 11.6 Å². The van der Waals surface area contributed by atoms with Gasteiger partial charge in [0.05, 0.1) is 12.3 Å². The summed E-state index contributed by atoms with van der Waals surface area (Å²) in [5.74, 6) is -0.336. The van der Waals surface area contributed by atoms with Gasteiger partial charge in [0, 0.05) is 17.9 Å². The van der Waals surface area contributed by atoms with E-state index in [0.717, 1.165) is 30.4 Å². The van der Waals surface area contributed by atoms with Gasteiger partial charge in [0.1, 0.15) is 5.75 Å². The van der Waals surface area contributed by atoms with Gasteiger partial charge >= 0.3 is 5.97 Å². The number of benzene rings is 2. The summed E-state index contributed by atoms with van der Waals surface area (Å²) in [5.41, 5.74) is 2.58. The minimum Gasteiger partial charge on any atom is -0.491 e. The topological polar surface area (TPSA) is 75.6 Å². The van der Waals surface area contributed by atoms with Crippen LogP contribution in [-0.2, 0) is 22.4 Å². The molecule has 0 atom stereocenters. The number of aryl methyl sites for hydroxylation is 2. The summed E-state index contributed by atoms with van der Waals surface area (Å²) in [6.45, 7) is 2.56. The predicted octanol–water partition coefficient (Wildman–Crippen LogP) is 5.11. The standard InChI is InChI=1S/C22H26ClNO4/c1-2-14-28-20-12-8-17(9-13-22(26)27)15-19(20)24-21(25)5-3-4-16-6-10-18(23)11-7-16/h6-8,10-12,15H,2-5,9,13-14H2,1H3,(H,24,25)(H,26,27). The van der Waals surface area contributed by atoms with Crippen LogP contribution in [0.2, 0.25) is 5.02 Å². The highest BCUT2D eigenvalue weighted by Crippen LogP contribution is 2.27. The number of hydrogen-bond acceptors (Lipinski definition) is 3. The third-order valence-corrected chi connectivity index (χ3v) is 4.44. The van der Waals surface area contributed by atoms with E-state index in [4.69, 9.17) is 21.4 Å². The zero-order valence-corrected chi connectivity index (χ0v) is 16.8. The van der Waals surface area contributed by atoms with Gasteiger partial charge in [0.25, 0.3) is 0 Å². The number of halogens is 1. The van der Waals surface area contributed by atoms with Gasteiger partial charge in [-0.3, -0.25) is 9.59 Å². The Morgan fingerprint density at radius 2 is 1.75 bits per heavy atom. The molecule has 0 aliphatic heterocycles. The SMILES string of the molecule is CCCOc1ccc(CCC(=O)O)cc1NC(=O)CCCc1ccc(Cl)cc1. The molecule has 0 heterocycles. The zero-order valence-electron chi connectivity index (χ0n) is 16.0. The molecule has 1 amide bonds. The van der Waals surface area contributed by atoms with Crippen LogP contribution in [0.3, 0.4) is 0 Å². The van der Waals surface area contributed by atoms with Crippen molar-refractivity contribution in [3.63, 3.8) is 0 Å². The normalized spacial score (nSPS) is 10.5. The summed E-state index contributed by atoms with van der Waals surface area (Å²) in [6, 6.07) is 13.0. The molecule has 150 valence electrons. The molecule has 0 aliphatic carbocycles. The van der Waals surface area contributed by atoms with Gasteiger partial charge in [0.15, 0.2) is 0 Å². The van der Waals surface area contributed by atoms with Gasteiger partial charge in [0.2, 0.25) is 5.91 Å². The first-order valence-electron chi connectivity index (χ1n) is 9.49. The number of carboxylic acid groups (broad SMARTS) is 1. The van der Waals surface area contributed by atoms with Gasteiger partial charge < -0.3 is 15.2 Å². The van der Waals surface area contributed by atoms with Crippen LogP contribution in [0.25, 0.3) is 0 Å². The zero-order chi connectivity index (χ0) is 20.4. The van der Waals surface area contributed by atoms with Crippen molar-refractivity contribution in [2.24, 2.45) is 0 Å². The molecule has 0 saturated heterocycles. The Hall–Kier alpha value is -2.53. The maximum absolute atomic E-state index is 12.4. The van der Waals surface area contributed by atoms with E-state index in [-0.39, 0.29) is 12.3 Å². The van der Waals surface area contributed by atoms with Gasteiger partial charge in [-0.25, -0.2) is 0 Å². The summed E-state index contributed by atoms with van der Waals surface area (Å²) in [6.07, 6.45) is 3.21. The number of anilines is 1. The third kappa shape index (κ3) is 7.61. The second-order valence-corrected chi connectivity index (χ2v) is 7.04. The molecule has 0 radical (unpaired) electrons. The van der Waals surface area contributed by atoms with Crippen molar-refractivity contribution in [2.45, 2.75) is 45.4 Å². The highest BCUT2D eigenvalue weighted by molar-refractivity contribution is 6.30. The maximum atomic E-state index is 12.4. The van der Waals surface area contributed by atoms with E-state index < -0.39 is 5.97 Å². The average molecular weight is 404 g/mol. The van der Waals surface area contributed by atoms with Crippen LogP contribution < -0.4 is 10.1 Å². The Labute approximate surface area is 170 Å². The molecule has 0 saturated carbocycles. The molecular weight excluding hydrogens is 378 g/mol. The van der Waals surface area contributed by atoms with Crippen molar-refractivity contribution in [1.29, 1.82) is 0 Å². The number of carbonyl (C=O) groups is 2. The molecular formula is C22H26ClNO4. The Balaban J connectivity index is 1.95. The number of carboxylic acids is 1. The van der Waals surface area contributed by atoms with Crippen LogP contribution in [0, 0.1) is 0 Å². The van der Waals surface area contributed by atoms with E-state index in [9.17, 15) is 9.59 Å². The number of carbonyl (C=O) groups excluding carboxylic acids is 1. The molecule has 0 aliphatic rings.